The van der Waals surface area contributed by atoms with Crippen molar-refractivity contribution in [2.75, 3.05) is 13.1 Å². The lowest BCUT2D eigenvalue weighted by Gasteiger charge is -2.34. The van der Waals surface area contributed by atoms with Crippen molar-refractivity contribution in [1.82, 2.24) is 13.9 Å². The van der Waals surface area contributed by atoms with Gasteiger partial charge in [0.05, 0.1) is 22.8 Å². The van der Waals surface area contributed by atoms with E-state index in [0.717, 1.165) is 33.7 Å². The summed E-state index contributed by atoms with van der Waals surface area (Å²) >= 11 is 1.54. The van der Waals surface area contributed by atoms with Crippen molar-refractivity contribution in [2.24, 2.45) is 16.8 Å². The van der Waals surface area contributed by atoms with Gasteiger partial charge in [0.25, 0.3) is 0 Å². The highest BCUT2D eigenvalue weighted by molar-refractivity contribution is 7.89. The van der Waals surface area contributed by atoms with Gasteiger partial charge in [0.15, 0.2) is 4.80 Å². The van der Waals surface area contributed by atoms with Crippen molar-refractivity contribution in [2.45, 2.75) is 31.7 Å². The van der Waals surface area contributed by atoms with Gasteiger partial charge in [-0.15, -0.1) is 11.3 Å². The Morgan fingerprint density at radius 1 is 1.00 bits per heavy atom. The molecule has 0 N–H and O–H groups in total. The first-order valence-electron chi connectivity index (χ1n) is 12.2. The molecule has 1 aliphatic heterocycles. The Kier molecular flexibility index (Phi) is 7.18. The Morgan fingerprint density at radius 2 is 1.78 bits per heavy atom. The number of pyridine rings is 1. The van der Waals surface area contributed by atoms with Crippen LogP contribution in [0.3, 0.4) is 0 Å². The Hall–Kier alpha value is -3.07. The number of hydrogen-bond acceptors (Lipinski definition) is 5. The van der Waals surface area contributed by atoms with Crippen molar-refractivity contribution in [1.29, 1.82) is 0 Å². The predicted molar refractivity (Wildman–Crippen MR) is 144 cm³/mol. The summed E-state index contributed by atoms with van der Waals surface area (Å²) in [5.41, 5.74) is 3.70. The van der Waals surface area contributed by atoms with Gasteiger partial charge < -0.3 is 4.57 Å². The normalized spacial score (nSPS) is 19.4. The molecule has 36 heavy (non-hydrogen) atoms. The van der Waals surface area contributed by atoms with Gasteiger partial charge in [0.1, 0.15) is 0 Å². The van der Waals surface area contributed by atoms with Gasteiger partial charge in [-0.3, -0.25) is 4.98 Å². The molecule has 186 valence electrons. The number of benzene rings is 2. The lowest BCUT2D eigenvalue weighted by atomic mass is 9.94. The average Bonchev–Trinajstić information content (AvgIpc) is 3.26. The van der Waals surface area contributed by atoms with E-state index in [-0.39, 0.29) is 0 Å². The fraction of sp³-hybridized carbons (Fsp3) is 0.286. The second-order valence-corrected chi connectivity index (χ2v) is 12.4. The molecule has 2 atom stereocenters. The molecule has 8 heteroatoms. The van der Waals surface area contributed by atoms with E-state index in [1.165, 1.54) is 0 Å². The SMILES string of the molecule is C[C@H]1C[C@H](C)CN(S(=O)(=O)c2cccc(-c3csc(=Nc4ccccc4)n3Cc3cccnc3)c2)C1. The summed E-state index contributed by atoms with van der Waals surface area (Å²) in [7, 11) is -3.58. The molecule has 2 aromatic carbocycles. The molecule has 3 heterocycles. The van der Waals surface area contributed by atoms with Crippen LogP contribution in [0.25, 0.3) is 11.3 Å². The molecular weight excluding hydrogens is 488 g/mol. The van der Waals surface area contributed by atoms with Gasteiger partial charge in [-0.05, 0) is 54.2 Å². The second-order valence-electron chi connectivity index (χ2n) is 9.59. The Labute approximate surface area is 216 Å². The van der Waals surface area contributed by atoms with Crippen LogP contribution < -0.4 is 4.80 Å². The Balaban J connectivity index is 1.57. The standard InChI is InChI=1S/C28H30N4O2S2/c1-21-14-22(2)18-31(17-21)36(33,34)26-12-6-9-24(15-26)27-20-35-28(30-25-10-4-3-5-11-25)32(27)19-23-8-7-13-29-16-23/h3-13,15-16,20-22H,14,17-19H2,1-2H3/t21-,22-/m0/s1. The van der Waals surface area contributed by atoms with E-state index in [4.69, 9.17) is 4.99 Å². The molecule has 0 bridgehead atoms. The number of piperidine rings is 1. The van der Waals surface area contributed by atoms with Crippen LogP contribution in [0.2, 0.25) is 0 Å². The third kappa shape index (κ3) is 5.36. The van der Waals surface area contributed by atoms with Crippen LogP contribution >= 0.6 is 11.3 Å². The van der Waals surface area contributed by atoms with E-state index in [1.54, 1.807) is 34.0 Å². The fourth-order valence-corrected chi connectivity index (χ4v) is 7.51. The van der Waals surface area contributed by atoms with Gasteiger partial charge in [0.2, 0.25) is 10.0 Å². The third-order valence-corrected chi connectivity index (χ3v) is 9.14. The van der Waals surface area contributed by atoms with Crippen molar-refractivity contribution in [3.05, 3.63) is 94.9 Å². The Morgan fingerprint density at radius 3 is 2.50 bits per heavy atom. The maximum atomic E-state index is 13.6. The highest BCUT2D eigenvalue weighted by Gasteiger charge is 2.31. The lowest BCUT2D eigenvalue weighted by molar-refractivity contribution is 0.222. The summed E-state index contributed by atoms with van der Waals surface area (Å²) in [5, 5.41) is 2.05. The molecule has 5 rings (SSSR count). The smallest absolute Gasteiger partial charge is 0.243 e. The van der Waals surface area contributed by atoms with E-state index in [2.05, 4.69) is 28.8 Å². The van der Waals surface area contributed by atoms with Crippen LogP contribution in [0, 0.1) is 11.8 Å². The van der Waals surface area contributed by atoms with Gasteiger partial charge in [0, 0.05) is 36.4 Å². The number of thiazole rings is 1. The Bertz CT molecular complexity index is 1490. The predicted octanol–water partition coefficient (Wildman–Crippen LogP) is 5.56. The summed E-state index contributed by atoms with van der Waals surface area (Å²) < 4.78 is 30.9. The molecule has 4 aromatic rings. The number of hydrogen-bond donors (Lipinski definition) is 0. The molecule has 1 aliphatic rings. The zero-order chi connectivity index (χ0) is 25.1. The molecular formula is C28H30N4O2S2. The van der Waals surface area contributed by atoms with Crippen LogP contribution in [-0.2, 0) is 16.6 Å². The third-order valence-electron chi connectivity index (χ3n) is 6.45. The van der Waals surface area contributed by atoms with E-state index in [0.29, 0.717) is 36.4 Å². The van der Waals surface area contributed by atoms with E-state index in [9.17, 15) is 8.42 Å². The number of sulfonamides is 1. The first-order chi connectivity index (χ1) is 17.4. The molecule has 1 saturated heterocycles. The number of aromatic nitrogens is 2. The zero-order valence-corrected chi connectivity index (χ0v) is 22.1. The fourth-order valence-electron chi connectivity index (χ4n) is 4.86. The van der Waals surface area contributed by atoms with Crippen LogP contribution in [-0.4, -0.2) is 35.4 Å². The first kappa shape index (κ1) is 24.6. The first-order valence-corrected chi connectivity index (χ1v) is 14.5. The molecule has 0 unspecified atom stereocenters. The molecule has 0 amide bonds. The molecule has 6 nitrogen and oxygen atoms in total. The van der Waals surface area contributed by atoms with E-state index < -0.39 is 10.0 Å². The minimum absolute atomic E-state index is 0.335. The largest absolute Gasteiger partial charge is 0.312 e. The summed E-state index contributed by atoms with van der Waals surface area (Å²) in [5.74, 6) is 0.708. The zero-order valence-electron chi connectivity index (χ0n) is 20.5. The molecule has 2 aromatic heterocycles. The topological polar surface area (TPSA) is 67.6 Å². The van der Waals surface area contributed by atoms with Crippen LogP contribution in [0.4, 0.5) is 5.69 Å². The number of nitrogens with zero attached hydrogens (tertiary/aromatic N) is 4. The highest BCUT2D eigenvalue weighted by Crippen LogP contribution is 2.29. The molecule has 0 aliphatic carbocycles. The molecule has 0 radical (unpaired) electrons. The summed E-state index contributed by atoms with van der Waals surface area (Å²) in [4.78, 5) is 10.3. The van der Waals surface area contributed by atoms with Crippen molar-refractivity contribution in [3.8, 4) is 11.3 Å². The van der Waals surface area contributed by atoms with Gasteiger partial charge in [-0.1, -0.05) is 50.2 Å². The average molecular weight is 519 g/mol. The van der Waals surface area contributed by atoms with Crippen LogP contribution in [0.15, 0.2) is 94.4 Å². The minimum Gasteiger partial charge on any atom is -0.312 e. The molecule has 0 spiro atoms. The van der Waals surface area contributed by atoms with Crippen LogP contribution in [0.1, 0.15) is 25.8 Å². The summed E-state index contributed by atoms with van der Waals surface area (Å²) in [6.45, 7) is 5.96. The summed E-state index contributed by atoms with van der Waals surface area (Å²) in [6, 6.07) is 21.1. The lowest BCUT2D eigenvalue weighted by Crippen LogP contribution is -2.42. The molecule has 0 saturated carbocycles. The van der Waals surface area contributed by atoms with Gasteiger partial charge in [-0.2, -0.15) is 4.31 Å². The second kappa shape index (κ2) is 10.5. The van der Waals surface area contributed by atoms with Crippen molar-refractivity contribution >= 4 is 27.0 Å². The van der Waals surface area contributed by atoms with Gasteiger partial charge >= 0.3 is 0 Å². The number of para-hydroxylation sites is 1. The summed E-state index contributed by atoms with van der Waals surface area (Å²) in [6.07, 6.45) is 4.66. The quantitative estimate of drug-likeness (QED) is 0.336. The monoisotopic (exact) mass is 518 g/mol. The maximum absolute atomic E-state index is 13.6. The van der Waals surface area contributed by atoms with Crippen LogP contribution in [0.5, 0.6) is 0 Å². The minimum atomic E-state index is -3.58. The van der Waals surface area contributed by atoms with Crippen molar-refractivity contribution in [3.63, 3.8) is 0 Å². The van der Waals surface area contributed by atoms with Crippen molar-refractivity contribution < 1.29 is 8.42 Å². The number of rotatable bonds is 6. The maximum Gasteiger partial charge on any atom is 0.243 e. The van der Waals surface area contributed by atoms with E-state index in [1.807, 2.05) is 60.8 Å². The highest BCUT2D eigenvalue weighted by atomic mass is 32.2. The van der Waals surface area contributed by atoms with Gasteiger partial charge in [-0.25, -0.2) is 13.4 Å². The molecule has 1 fully saturated rings. The van der Waals surface area contributed by atoms with E-state index >= 15 is 0 Å².